The third-order valence-electron chi connectivity index (χ3n) is 3.00. The van der Waals surface area contributed by atoms with Crippen LogP contribution in [-0.2, 0) is 6.54 Å². The summed E-state index contributed by atoms with van der Waals surface area (Å²) >= 11 is 1.66. The van der Waals surface area contributed by atoms with E-state index in [1.807, 2.05) is 29.3 Å². The summed E-state index contributed by atoms with van der Waals surface area (Å²) in [5.74, 6) is -0.460. The molecule has 1 heterocycles. The molecule has 0 spiro atoms. The van der Waals surface area contributed by atoms with Crippen molar-refractivity contribution in [3.63, 3.8) is 0 Å². The third-order valence-corrected chi connectivity index (χ3v) is 3.86. The van der Waals surface area contributed by atoms with Gasteiger partial charge in [-0.2, -0.15) is 0 Å². The van der Waals surface area contributed by atoms with Crippen molar-refractivity contribution in [2.45, 2.75) is 20.4 Å². The topological polar surface area (TPSA) is 20.3 Å². The summed E-state index contributed by atoms with van der Waals surface area (Å²) in [6.07, 6.45) is 0. The molecule has 0 aliphatic heterocycles. The Morgan fingerprint density at radius 1 is 1.37 bits per heavy atom. The monoisotopic (exact) mass is 277 g/mol. The van der Waals surface area contributed by atoms with Crippen molar-refractivity contribution < 1.29 is 9.18 Å². The van der Waals surface area contributed by atoms with E-state index in [9.17, 15) is 9.18 Å². The maximum Gasteiger partial charge on any atom is 0.159 e. The number of rotatable bonds is 5. The number of carbonyl (C=O) groups is 1. The van der Waals surface area contributed by atoms with Gasteiger partial charge in [0.2, 0.25) is 0 Å². The van der Waals surface area contributed by atoms with Crippen molar-refractivity contribution in [1.29, 1.82) is 0 Å². The minimum atomic E-state index is -0.342. The van der Waals surface area contributed by atoms with Gasteiger partial charge in [0.1, 0.15) is 5.82 Å². The molecule has 19 heavy (non-hydrogen) atoms. The maximum absolute atomic E-state index is 14.1. The van der Waals surface area contributed by atoms with E-state index < -0.39 is 0 Å². The lowest BCUT2D eigenvalue weighted by Gasteiger charge is -2.23. The molecule has 0 amide bonds. The highest BCUT2D eigenvalue weighted by atomic mass is 32.1. The van der Waals surface area contributed by atoms with Crippen LogP contribution in [0.5, 0.6) is 0 Å². The Hall–Kier alpha value is -1.68. The van der Waals surface area contributed by atoms with Gasteiger partial charge >= 0.3 is 0 Å². The molecule has 0 unspecified atom stereocenters. The largest absolute Gasteiger partial charge is 0.364 e. The summed E-state index contributed by atoms with van der Waals surface area (Å²) < 4.78 is 14.1. The first-order valence-electron chi connectivity index (χ1n) is 6.19. The Morgan fingerprint density at radius 3 is 2.68 bits per heavy atom. The van der Waals surface area contributed by atoms with Crippen LogP contribution in [0.3, 0.4) is 0 Å². The SMILES string of the molecule is CCN(Cc1cccs1)c1ccc(C(C)=O)cc1F. The predicted octanol–water partition coefficient (Wildman–Crippen LogP) is 4.12. The molecule has 0 atom stereocenters. The fraction of sp³-hybridized carbons (Fsp3) is 0.267. The van der Waals surface area contributed by atoms with E-state index in [1.54, 1.807) is 23.5 Å². The highest BCUT2D eigenvalue weighted by molar-refractivity contribution is 7.09. The first-order chi connectivity index (χ1) is 9.11. The highest BCUT2D eigenvalue weighted by Crippen LogP contribution is 2.23. The summed E-state index contributed by atoms with van der Waals surface area (Å²) in [6, 6.07) is 8.70. The number of nitrogens with zero attached hydrogens (tertiary/aromatic N) is 1. The van der Waals surface area contributed by atoms with Gasteiger partial charge in [-0.25, -0.2) is 4.39 Å². The summed E-state index contributed by atoms with van der Waals surface area (Å²) in [6.45, 7) is 4.84. The Bertz CT molecular complexity index is 566. The van der Waals surface area contributed by atoms with Gasteiger partial charge in [-0.05, 0) is 43.5 Å². The lowest BCUT2D eigenvalue weighted by atomic mass is 10.1. The molecule has 100 valence electrons. The van der Waals surface area contributed by atoms with E-state index >= 15 is 0 Å². The summed E-state index contributed by atoms with van der Waals surface area (Å²) in [5, 5.41) is 2.01. The molecule has 0 fully saturated rings. The number of ketones is 1. The first kappa shape index (κ1) is 13.7. The van der Waals surface area contributed by atoms with Crippen molar-refractivity contribution in [3.8, 4) is 0 Å². The number of hydrogen-bond donors (Lipinski definition) is 0. The van der Waals surface area contributed by atoms with Gasteiger partial charge in [-0.1, -0.05) is 6.07 Å². The molecule has 2 nitrogen and oxygen atoms in total. The molecule has 0 bridgehead atoms. The molecule has 0 saturated heterocycles. The Morgan fingerprint density at radius 2 is 2.16 bits per heavy atom. The van der Waals surface area contributed by atoms with E-state index in [4.69, 9.17) is 0 Å². The lowest BCUT2D eigenvalue weighted by molar-refractivity contribution is 0.101. The quantitative estimate of drug-likeness (QED) is 0.766. The minimum absolute atomic E-state index is 0.119. The van der Waals surface area contributed by atoms with Crippen LogP contribution < -0.4 is 4.90 Å². The average molecular weight is 277 g/mol. The third kappa shape index (κ3) is 3.20. The zero-order valence-electron chi connectivity index (χ0n) is 11.0. The van der Waals surface area contributed by atoms with E-state index in [2.05, 4.69) is 0 Å². The van der Waals surface area contributed by atoms with Gasteiger partial charge in [0, 0.05) is 17.0 Å². The molecule has 0 N–H and O–H groups in total. The van der Waals surface area contributed by atoms with E-state index in [0.717, 1.165) is 0 Å². The van der Waals surface area contributed by atoms with Gasteiger partial charge in [-0.3, -0.25) is 4.79 Å². The number of anilines is 1. The van der Waals surface area contributed by atoms with Crippen molar-refractivity contribution in [1.82, 2.24) is 0 Å². The highest BCUT2D eigenvalue weighted by Gasteiger charge is 2.12. The van der Waals surface area contributed by atoms with Crippen LogP contribution in [0.1, 0.15) is 29.1 Å². The maximum atomic E-state index is 14.1. The van der Waals surface area contributed by atoms with Gasteiger partial charge in [-0.15, -0.1) is 11.3 Å². The van der Waals surface area contributed by atoms with Crippen molar-refractivity contribution >= 4 is 22.8 Å². The minimum Gasteiger partial charge on any atom is -0.364 e. The Balaban J connectivity index is 2.25. The van der Waals surface area contributed by atoms with Gasteiger partial charge in [0.15, 0.2) is 5.78 Å². The molecule has 2 rings (SSSR count). The predicted molar refractivity (Wildman–Crippen MR) is 77.4 cm³/mol. The van der Waals surface area contributed by atoms with Crippen LogP contribution in [0, 0.1) is 5.82 Å². The second kappa shape index (κ2) is 5.97. The normalized spacial score (nSPS) is 10.5. The number of thiophene rings is 1. The van der Waals surface area contributed by atoms with Crippen LogP contribution in [0.25, 0.3) is 0 Å². The van der Waals surface area contributed by atoms with Crippen LogP contribution in [0.15, 0.2) is 35.7 Å². The number of benzene rings is 1. The average Bonchev–Trinajstić information content (AvgIpc) is 2.89. The zero-order valence-corrected chi connectivity index (χ0v) is 11.8. The van der Waals surface area contributed by atoms with Gasteiger partial charge in [0.05, 0.1) is 12.2 Å². The number of Topliss-reactive ketones (excluding diaryl/α,β-unsaturated/α-hetero) is 1. The summed E-state index contributed by atoms with van der Waals surface area (Å²) in [4.78, 5) is 14.4. The molecule has 1 aromatic heterocycles. The molecular formula is C15H16FNOS. The lowest BCUT2D eigenvalue weighted by Crippen LogP contribution is -2.22. The molecule has 0 saturated carbocycles. The molecular weight excluding hydrogens is 261 g/mol. The van der Waals surface area contributed by atoms with Crippen LogP contribution in [-0.4, -0.2) is 12.3 Å². The van der Waals surface area contributed by atoms with Crippen molar-refractivity contribution in [2.24, 2.45) is 0 Å². The fourth-order valence-electron chi connectivity index (χ4n) is 1.94. The standard InChI is InChI=1S/C15H16FNOS/c1-3-17(10-13-5-4-8-19-13)15-7-6-12(11(2)18)9-14(15)16/h4-9H,3,10H2,1-2H3. The zero-order chi connectivity index (χ0) is 13.8. The van der Waals surface area contributed by atoms with Crippen molar-refractivity contribution in [2.75, 3.05) is 11.4 Å². The van der Waals surface area contributed by atoms with E-state index in [0.29, 0.717) is 24.3 Å². The Kier molecular flexibility index (Phi) is 4.32. The molecule has 0 radical (unpaired) electrons. The molecule has 0 aliphatic rings. The van der Waals surface area contributed by atoms with Gasteiger partial charge < -0.3 is 4.90 Å². The number of hydrogen-bond acceptors (Lipinski definition) is 3. The van der Waals surface area contributed by atoms with E-state index in [-0.39, 0.29) is 11.6 Å². The number of halogens is 1. The summed E-state index contributed by atoms with van der Waals surface area (Å²) in [7, 11) is 0. The molecule has 4 heteroatoms. The Labute approximate surface area is 116 Å². The van der Waals surface area contributed by atoms with E-state index in [1.165, 1.54) is 17.9 Å². The number of carbonyl (C=O) groups excluding carboxylic acids is 1. The van der Waals surface area contributed by atoms with Crippen molar-refractivity contribution in [3.05, 3.63) is 52.0 Å². The van der Waals surface area contributed by atoms with Crippen LogP contribution in [0.4, 0.5) is 10.1 Å². The fourth-order valence-corrected chi connectivity index (χ4v) is 2.66. The molecule has 0 aliphatic carbocycles. The second-order valence-corrected chi connectivity index (χ2v) is 5.35. The van der Waals surface area contributed by atoms with Crippen LogP contribution in [0.2, 0.25) is 0 Å². The molecule has 2 aromatic rings. The van der Waals surface area contributed by atoms with Gasteiger partial charge in [0.25, 0.3) is 0 Å². The smallest absolute Gasteiger partial charge is 0.159 e. The molecule has 1 aromatic carbocycles. The summed E-state index contributed by atoms with van der Waals surface area (Å²) in [5.41, 5.74) is 0.953. The van der Waals surface area contributed by atoms with Crippen LogP contribution >= 0.6 is 11.3 Å². The first-order valence-corrected chi connectivity index (χ1v) is 7.07. The second-order valence-electron chi connectivity index (χ2n) is 4.32.